The van der Waals surface area contributed by atoms with E-state index in [1.54, 1.807) is 0 Å². The molecule has 1 saturated carbocycles. The minimum absolute atomic E-state index is 0.271. The summed E-state index contributed by atoms with van der Waals surface area (Å²) in [5.41, 5.74) is -0.399. The molecule has 0 N–H and O–H groups in total. The van der Waals surface area contributed by atoms with Gasteiger partial charge in [-0.3, -0.25) is 10.1 Å². The summed E-state index contributed by atoms with van der Waals surface area (Å²) in [6.45, 7) is 2.46. The van der Waals surface area contributed by atoms with E-state index in [9.17, 15) is 18.5 Å². The third-order valence-corrected chi connectivity index (χ3v) is 5.92. The van der Waals surface area contributed by atoms with Crippen LogP contribution in [0.5, 0.6) is 0 Å². The Bertz CT molecular complexity index is 647. The van der Waals surface area contributed by atoms with Crippen molar-refractivity contribution in [2.45, 2.75) is 18.2 Å². The topological polar surface area (TPSA) is 80.5 Å². The number of nitrogens with zero attached hydrogens (tertiary/aromatic N) is 2. The number of benzene rings is 1. The van der Waals surface area contributed by atoms with Crippen LogP contribution < -0.4 is 0 Å². The minimum Gasteiger partial charge on any atom is -0.258 e. The van der Waals surface area contributed by atoms with Crippen LogP contribution in [0.25, 0.3) is 0 Å². The monoisotopic (exact) mass is 362 g/mol. The van der Waals surface area contributed by atoms with Gasteiger partial charge in [-0.2, -0.15) is 0 Å². The van der Waals surface area contributed by atoms with Gasteiger partial charge in [0.15, 0.2) is 4.90 Å². The van der Waals surface area contributed by atoms with Crippen LogP contribution in [0.15, 0.2) is 27.6 Å². The van der Waals surface area contributed by atoms with Crippen LogP contribution in [-0.2, 0) is 10.0 Å². The van der Waals surface area contributed by atoms with E-state index < -0.39 is 20.6 Å². The minimum atomic E-state index is -3.85. The largest absolute Gasteiger partial charge is 0.289 e. The summed E-state index contributed by atoms with van der Waals surface area (Å²) in [6.07, 6.45) is 1.00. The van der Waals surface area contributed by atoms with Crippen LogP contribution in [0.2, 0.25) is 0 Å². The Kier molecular flexibility index (Phi) is 4.17. The second-order valence-electron chi connectivity index (χ2n) is 5.13. The fraction of sp³-hybridized carbons (Fsp3) is 0.500. The molecule has 1 fully saturated rings. The van der Waals surface area contributed by atoms with Crippen molar-refractivity contribution in [1.82, 2.24) is 4.31 Å². The zero-order chi connectivity index (χ0) is 15.1. The van der Waals surface area contributed by atoms with Gasteiger partial charge in [0.25, 0.3) is 5.69 Å². The molecular weight excluding hydrogens is 348 g/mol. The highest BCUT2D eigenvalue weighted by Gasteiger charge is 2.37. The van der Waals surface area contributed by atoms with E-state index in [2.05, 4.69) is 22.9 Å². The highest BCUT2D eigenvalue weighted by atomic mass is 79.9. The van der Waals surface area contributed by atoms with Crippen LogP contribution in [-0.4, -0.2) is 31.2 Å². The van der Waals surface area contributed by atoms with E-state index in [0.29, 0.717) is 22.9 Å². The van der Waals surface area contributed by atoms with Crippen molar-refractivity contribution in [3.05, 3.63) is 32.8 Å². The fourth-order valence-electron chi connectivity index (χ4n) is 2.10. The average molecular weight is 363 g/mol. The first-order valence-electron chi connectivity index (χ1n) is 6.13. The molecule has 1 aromatic rings. The molecular formula is C12H15BrN2O4S. The number of nitro groups is 1. The van der Waals surface area contributed by atoms with Crippen LogP contribution >= 0.6 is 15.9 Å². The van der Waals surface area contributed by atoms with Gasteiger partial charge >= 0.3 is 0 Å². The van der Waals surface area contributed by atoms with Gasteiger partial charge in [0.2, 0.25) is 10.0 Å². The quantitative estimate of drug-likeness (QED) is 0.595. The second kappa shape index (κ2) is 5.42. The van der Waals surface area contributed by atoms with Crippen molar-refractivity contribution in [2.75, 3.05) is 13.6 Å². The Balaban J connectivity index is 2.37. The highest BCUT2D eigenvalue weighted by Crippen LogP contribution is 2.39. The molecule has 0 saturated heterocycles. The molecule has 0 aliphatic heterocycles. The van der Waals surface area contributed by atoms with Crippen LogP contribution in [0.1, 0.15) is 13.3 Å². The molecule has 0 aromatic heterocycles. The summed E-state index contributed by atoms with van der Waals surface area (Å²) in [6, 6.07) is 3.94. The van der Waals surface area contributed by atoms with Gasteiger partial charge in [0.05, 0.1) is 4.92 Å². The summed E-state index contributed by atoms with van der Waals surface area (Å²) in [7, 11) is -2.39. The summed E-state index contributed by atoms with van der Waals surface area (Å²) in [4.78, 5) is 10.1. The summed E-state index contributed by atoms with van der Waals surface area (Å²) in [5, 5.41) is 11.0. The number of hydrogen-bond donors (Lipinski definition) is 0. The lowest BCUT2D eigenvalue weighted by Gasteiger charge is -2.17. The molecule has 6 nitrogen and oxygen atoms in total. The standard InChI is InChI=1S/C12H15BrN2O4S/c1-8-5-9(8)7-14(2)20(18,19)12-6-10(13)3-4-11(12)15(16)17/h3-4,6,8-9H,5,7H2,1-2H3. The smallest absolute Gasteiger partial charge is 0.258 e. The first-order valence-corrected chi connectivity index (χ1v) is 8.37. The number of rotatable bonds is 5. The molecule has 0 spiro atoms. The lowest BCUT2D eigenvalue weighted by atomic mass is 10.3. The lowest BCUT2D eigenvalue weighted by molar-refractivity contribution is -0.387. The third-order valence-electron chi connectivity index (χ3n) is 3.57. The van der Waals surface area contributed by atoms with Gasteiger partial charge in [0.1, 0.15) is 0 Å². The first-order chi connectivity index (χ1) is 9.23. The molecule has 0 radical (unpaired) electrons. The van der Waals surface area contributed by atoms with Crippen LogP contribution in [0, 0.1) is 22.0 Å². The molecule has 2 atom stereocenters. The molecule has 1 aliphatic rings. The van der Waals surface area contributed by atoms with Crippen LogP contribution in [0.4, 0.5) is 5.69 Å². The van der Waals surface area contributed by atoms with E-state index in [1.165, 1.54) is 29.6 Å². The molecule has 2 rings (SSSR count). The van der Waals surface area contributed by atoms with Crippen molar-refractivity contribution in [3.8, 4) is 0 Å². The highest BCUT2D eigenvalue weighted by molar-refractivity contribution is 9.10. The maximum absolute atomic E-state index is 12.5. The predicted molar refractivity (Wildman–Crippen MR) is 77.9 cm³/mol. The second-order valence-corrected chi connectivity index (χ2v) is 8.06. The molecule has 2 unspecified atom stereocenters. The van der Waals surface area contributed by atoms with Crippen molar-refractivity contribution in [3.63, 3.8) is 0 Å². The molecule has 1 aliphatic carbocycles. The molecule has 110 valence electrons. The molecule has 0 heterocycles. The maximum Gasteiger partial charge on any atom is 0.289 e. The normalized spacial score (nSPS) is 22.0. The van der Waals surface area contributed by atoms with Gasteiger partial charge in [-0.25, -0.2) is 12.7 Å². The number of hydrogen-bond acceptors (Lipinski definition) is 4. The van der Waals surface area contributed by atoms with Gasteiger partial charge in [-0.05, 0) is 30.4 Å². The van der Waals surface area contributed by atoms with Crippen LogP contribution in [0.3, 0.4) is 0 Å². The van der Waals surface area contributed by atoms with Gasteiger partial charge < -0.3 is 0 Å². The van der Waals surface area contributed by atoms with Crippen molar-refractivity contribution >= 4 is 31.6 Å². The third kappa shape index (κ3) is 3.02. The van der Waals surface area contributed by atoms with Crippen molar-refractivity contribution < 1.29 is 13.3 Å². The number of nitro benzene ring substituents is 1. The Labute approximate surface area is 126 Å². The Hall–Kier alpha value is -0.990. The average Bonchev–Trinajstić information content (AvgIpc) is 3.04. The molecule has 1 aromatic carbocycles. The Morgan fingerprint density at radius 2 is 2.10 bits per heavy atom. The Morgan fingerprint density at radius 1 is 1.50 bits per heavy atom. The van der Waals surface area contributed by atoms with Gasteiger partial charge in [-0.1, -0.05) is 22.9 Å². The molecule has 20 heavy (non-hydrogen) atoms. The lowest BCUT2D eigenvalue weighted by Crippen LogP contribution is -2.29. The van der Waals surface area contributed by atoms with Gasteiger partial charge in [-0.15, -0.1) is 0 Å². The van der Waals surface area contributed by atoms with E-state index in [-0.39, 0.29) is 4.90 Å². The summed E-state index contributed by atoms with van der Waals surface area (Å²) in [5.74, 6) is 0.867. The van der Waals surface area contributed by atoms with Gasteiger partial charge in [0, 0.05) is 24.1 Å². The van der Waals surface area contributed by atoms with E-state index in [0.717, 1.165) is 6.42 Å². The predicted octanol–water partition coefficient (Wildman–Crippen LogP) is 2.63. The SMILES string of the molecule is CC1CC1CN(C)S(=O)(=O)c1cc(Br)ccc1[N+](=O)[O-]. The maximum atomic E-state index is 12.5. The number of sulfonamides is 1. The Morgan fingerprint density at radius 3 is 2.60 bits per heavy atom. The summed E-state index contributed by atoms with van der Waals surface area (Å²) >= 11 is 3.15. The fourth-order valence-corrected chi connectivity index (χ4v) is 4.01. The zero-order valence-corrected chi connectivity index (χ0v) is 13.5. The van der Waals surface area contributed by atoms with E-state index in [4.69, 9.17) is 0 Å². The van der Waals surface area contributed by atoms with E-state index in [1.807, 2.05) is 0 Å². The van der Waals surface area contributed by atoms with E-state index >= 15 is 0 Å². The molecule has 0 amide bonds. The summed E-state index contributed by atoms with van der Waals surface area (Å²) < 4.78 is 26.7. The first kappa shape index (κ1) is 15.4. The van der Waals surface area contributed by atoms with Crippen molar-refractivity contribution in [1.29, 1.82) is 0 Å². The zero-order valence-electron chi connectivity index (χ0n) is 11.1. The molecule has 8 heteroatoms. The van der Waals surface area contributed by atoms with Crippen molar-refractivity contribution in [2.24, 2.45) is 11.8 Å². The molecule has 0 bridgehead atoms. The number of halogens is 1.